The number of aromatic nitrogens is 1. The van der Waals surface area contributed by atoms with Gasteiger partial charge in [0.1, 0.15) is 11.6 Å². The van der Waals surface area contributed by atoms with Crippen LogP contribution in [0.25, 0.3) is 11.8 Å². The number of phenols is 1. The largest absolute Gasteiger partial charge is 0.507 e. The lowest BCUT2D eigenvalue weighted by Crippen LogP contribution is -2.27. The molecule has 1 aromatic heterocycles. The molecule has 1 aliphatic carbocycles. The number of para-hydroxylation sites is 1. The first kappa shape index (κ1) is 19.6. The number of carbonyl (C=O) groups excluding carboxylic acids is 1. The third-order valence-electron chi connectivity index (χ3n) is 5.55. The van der Waals surface area contributed by atoms with Crippen LogP contribution in [0.1, 0.15) is 30.4 Å². The van der Waals surface area contributed by atoms with E-state index in [0.717, 1.165) is 30.5 Å². The van der Waals surface area contributed by atoms with Gasteiger partial charge in [0.05, 0.1) is 0 Å². The van der Waals surface area contributed by atoms with Gasteiger partial charge in [-0.2, -0.15) is 0 Å². The average Bonchev–Trinajstić information content (AvgIpc) is 3.39. The second-order valence-electron chi connectivity index (χ2n) is 7.36. The van der Waals surface area contributed by atoms with E-state index in [1.54, 1.807) is 30.5 Å². The summed E-state index contributed by atoms with van der Waals surface area (Å²) in [5, 5.41) is 9.62. The van der Waals surface area contributed by atoms with Crippen LogP contribution in [0.5, 0.6) is 5.75 Å². The summed E-state index contributed by atoms with van der Waals surface area (Å²) >= 11 is 0. The Kier molecular flexibility index (Phi) is 6.09. The molecular formula is C22H28N4O2. The summed E-state index contributed by atoms with van der Waals surface area (Å²) < 4.78 is 0. The lowest BCUT2D eigenvalue weighted by Gasteiger charge is -2.14. The number of hydrogen-bond acceptors (Lipinski definition) is 4. The average molecular weight is 380 g/mol. The highest BCUT2D eigenvalue weighted by Gasteiger charge is 2.37. The van der Waals surface area contributed by atoms with E-state index in [2.05, 4.69) is 11.6 Å². The molecule has 2 aromatic rings. The molecule has 148 valence electrons. The van der Waals surface area contributed by atoms with Gasteiger partial charge >= 0.3 is 0 Å². The van der Waals surface area contributed by atoms with Gasteiger partial charge in [0.2, 0.25) is 5.91 Å². The predicted molar refractivity (Wildman–Crippen MR) is 113 cm³/mol. The standard InChI is InChI=1S/C12H13N3O.C10H15NO/c13-10(7-8-5-6-15-12(8)14)9-3-1-2-4-11(9)16;1-2-10(12)11-6-8-4-3-5-9(8)7-11/h1-7,15-16H,13-14H2;2,8-9H,1,3-7H2/b10-7-;/t;8-,9+. The SMILES string of the molecule is C=CC(=O)N1C[C@H]2CCC[C@H]2C1.N/C(=C\c1cc[nH]c1N)c1ccccc1O. The zero-order valence-corrected chi connectivity index (χ0v) is 16.0. The van der Waals surface area contributed by atoms with Crippen LogP contribution in [-0.2, 0) is 4.79 Å². The fourth-order valence-electron chi connectivity index (χ4n) is 4.03. The second kappa shape index (κ2) is 8.69. The number of nitrogens with zero attached hydrogens (tertiary/aromatic N) is 1. The van der Waals surface area contributed by atoms with Gasteiger partial charge in [-0.3, -0.25) is 4.79 Å². The van der Waals surface area contributed by atoms with Gasteiger partial charge in [-0.15, -0.1) is 0 Å². The number of hydrogen-bond donors (Lipinski definition) is 4. The van der Waals surface area contributed by atoms with E-state index in [1.807, 2.05) is 17.0 Å². The van der Waals surface area contributed by atoms with Gasteiger partial charge in [0.15, 0.2) is 0 Å². The molecule has 6 nitrogen and oxygen atoms in total. The van der Waals surface area contributed by atoms with E-state index in [9.17, 15) is 9.90 Å². The van der Waals surface area contributed by atoms with E-state index in [1.165, 1.54) is 25.3 Å². The van der Waals surface area contributed by atoms with Crippen molar-refractivity contribution in [2.24, 2.45) is 17.6 Å². The van der Waals surface area contributed by atoms with Crippen molar-refractivity contribution in [3.63, 3.8) is 0 Å². The lowest BCUT2D eigenvalue weighted by molar-refractivity contribution is -0.125. The number of aromatic hydroxyl groups is 1. The van der Waals surface area contributed by atoms with Crippen molar-refractivity contribution in [1.29, 1.82) is 0 Å². The Bertz CT molecular complexity index is 859. The van der Waals surface area contributed by atoms with Gasteiger partial charge in [0.25, 0.3) is 0 Å². The molecule has 1 saturated heterocycles. The van der Waals surface area contributed by atoms with E-state index in [0.29, 0.717) is 17.1 Å². The highest BCUT2D eigenvalue weighted by molar-refractivity contribution is 5.87. The smallest absolute Gasteiger partial charge is 0.245 e. The van der Waals surface area contributed by atoms with Crippen molar-refractivity contribution in [2.45, 2.75) is 19.3 Å². The number of likely N-dealkylation sites (tertiary alicyclic amines) is 1. The van der Waals surface area contributed by atoms with Crippen LogP contribution in [0.15, 0.2) is 49.2 Å². The number of benzene rings is 1. The van der Waals surface area contributed by atoms with Gasteiger partial charge in [-0.05, 0) is 55.0 Å². The van der Waals surface area contributed by atoms with E-state index in [-0.39, 0.29) is 11.7 Å². The molecule has 2 aliphatic rings. The molecule has 1 aliphatic heterocycles. The van der Waals surface area contributed by atoms with Crippen molar-refractivity contribution in [3.8, 4) is 5.75 Å². The summed E-state index contributed by atoms with van der Waals surface area (Å²) in [4.78, 5) is 16.1. The lowest BCUT2D eigenvalue weighted by atomic mass is 10.0. The molecule has 0 radical (unpaired) electrons. The number of amides is 1. The Balaban J connectivity index is 0.000000167. The first-order chi connectivity index (χ1) is 13.5. The summed E-state index contributed by atoms with van der Waals surface area (Å²) in [5.74, 6) is 2.43. The number of nitrogens with two attached hydrogens (primary N) is 2. The summed E-state index contributed by atoms with van der Waals surface area (Å²) in [6.45, 7) is 5.47. The molecule has 1 aromatic carbocycles. The minimum atomic E-state index is 0.115. The summed E-state index contributed by atoms with van der Waals surface area (Å²) in [7, 11) is 0. The fourth-order valence-corrected chi connectivity index (χ4v) is 4.03. The maximum Gasteiger partial charge on any atom is 0.245 e. The van der Waals surface area contributed by atoms with Crippen molar-refractivity contribution < 1.29 is 9.90 Å². The molecule has 0 spiro atoms. The number of fused-ring (bicyclic) bond motifs is 1. The summed E-state index contributed by atoms with van der Waals surface area (Å²) in [6.07, 6.45) is 8.91. The second-order valence-corrected chi connectivity index (χ2v) is 7.36. The molecule has 0 unspecified atom stereocenters. The number of anilines is 1. The number of aromatic amines is 1. The number of carbonyl (C=O) groups is 1. The number of nitrogen functional groups attached to an aromatic ring is 1. The summed E-state index contributed by atoms with van der Waals surface area (Å²) in [6, 6.07) is 8.73. The van der Waals surface area contributed by atoms with Gasteiger partial charge in [-0.1, -0.05) is 25.1 Å². The molecule has 6 heteroatoms. The first-order valence-corrected chi connectivity index (χ1v) is 9.59. The van der Waals surface area contributed by atoms with Crippen molar-refractivity contribution in [2.75, 3.05) is 18.8 Å². The Morgan fingerprint density at radius 3 is 2.46 bits per heavy atom. The van der Waals surface area contributed by atoms with Crippen LogP contribution < -0.4 is 11.5 Å². The third kappa shape index (κ3) is 4.39. The van der Waals surface area contributed by atoms with E-state index in [4.69, 9.17) is 11.5 Å². The van der Waals surface area contributed by atoms with Crippen LogP contribution in [0.3, 0.4) is 0 Å². The molecule has 0 bridgehead atoms. The molecule has 1 amide bonds. The van der Waals surface area contributed by atoms with Gasteiger partial charge in [0, 0.05) is 36.1 Å². The van der Waals surface area contributed by atoms with Crippen LogP contribution in [0.4, 0.5) is 5.82 Å². The predicted octanol–water partition coefficient (Wildman–Crippen LogP) is 3.19. The van der Waals surface area contributed by atoms with Gasteiger partial charge in [-0.25, -0.2) is 0 Å². The molecule has 6 N–H and O–H groups in total. The molecule has 2 atom stereocenters. The molecule has 4 rings (SSSR count). The van der Waals surface area contributed by atoms with Crippen LogP contribution >= 0.6 is 0 Å². The van der Waals surface area contributed by atoms with Crippen molar-refractivity contribution in [3.05, 3.63) is 60.3 Å². The number of phenolic OH excluding ortho intramolecular Hbond substituents is 1. The van der Waals surface area contributed by atoms with Crippen LogP contribution in [0.2, 0.25) is 0 Å². The van der Waals surface area contributed by atoms with Crippen LogP contribution in [0, 0.1) is 11.8 Å². The third-order valence-corrected chi connectivity index (χ3v) is 5.55. The topological polar surface area (TPSA) is 108 Å². The Morgan fingerprint density at radius 2 is 1.89 bits per heavy atom. The highest BCUT2D eigenvalue weighted by atomic mass is 16.3. The van der Waals surface area contributed by atoms with Crippen LogP contribution in [-0.4, -0.2) is 34.0 Å². The molecule has 28 heavy (non-hydrogen) atoms. The van der Waals surface area contributed by atoms with Crippen molar-refractivity contribution >= 4 is 23.5 Å². The Labute approximate surface area is 165 Å². The monoisotopic (exact) mass is 380 g/mol. The quantitative estimate of drug-likeness (QED) is 0.613. The first-order valence-electron chi connectivity index (χ1n) is 9.59. The van der Waals surface area contributed by atoms with E-state index >= 15 is 0 Å². The molecule has 1 saturated carbocycles. The number of rotatable bonds is 3. The highest BCUT2D eigenvalue weighted by Crippen LogP contribution is 2.37. The molecule has 2 heterocycles. The molecular weight excluding hydrogens is 352 g/mol. The zero-order chi connectivity index (χ0) is 20.1. The Morgan fingerprint density at radius 1 is 1.21 bits per heavy atom. The maximum atomic E-state index is 11.3. The van der Waals surface area contributed by atoms with Gasteiger partial charge < -0.3 is 26.5 Å². The van der Waals surface area contributed by atoms with E-state index < -0.39 is 0 Å². The molecule has 2 fully saturated rings. The van der Waals surface area contributed by atoms with Crippen molar-refractivity contribution in [1.82, 2.24) is 9.88 Å². The number of H-pyrrole nitrogens is 1. The fraction of sp³-hybridized carbons (Fsp3) is 0.318. The summed E-state index contributed by atoms with van der Waals surface area (Å²) in [5.41, 5.74) is 13.5. The zero-order valence-electron chi connectivity index (χ0n) is 16.0. The normalized spacial score (nSPS) is 21.0. The number of nitrogens with one attached hydrogen (secondary N) is 1. The minimum Gasteiger partial charge on any atom is -0.507 e. The maximum absolute atomic E-state index is 11.3. The Hall–Kier alpha value is -3.15. The minimum absolute atomic E-state index is 0.115.